The van der Waals surface area contributed by atoms with Crippen LogP contribution in [0.15, 0.2) is 39.9 Å². The first kappa shape index (κ1) is 23.7. The number of aryl methyl sites for hydroxylation is 1. The van der Waals surface area contributed by atoms with E-state index in [1.54, 1.807) is 25.3 Å². The van der Waals surface area contributed by atoms with Crippen molar-refractivity contribution in [3.05, 3.63) is 41.8 Å². The molecule has 0 bridgehead atoms. The summed E-state index contributed by atoms with van der Waals surface area (Å²) >= 11 is 0. The summed E-state index contributed by atoms with van der Waals surface area (Å²) in [6.45, 7) is 7.89. The van der Waals surface area contributed by atoms with Gasteiger partial charge < -0.3 is 24.7 Å². The number of oxazole rings is 1. The van der Waals surface area contributed by atoms with Crippen LogP contribution in [0.2, 0.25) is 0 Å². The van der Waals surface area contributed by atoms with Crippen molar-refractivity contribution in [2.24, 2.45) is 4.99 Å². The summed E-state index contributed by atoms with van der Waals surface area (Å²) in [6.07, 6.45) is 2.60. The van der Waals surface area contributed by atoms with Crippen LogP contribution in [0.25, 0.3) is 11.5 Å². The number of nitrogens with one attached hydrogen (secondary N) is 2. The Bertz CT molecular complexity index is 872. The van der Waals surface area contributed by atoms with E-state index in [2.05, 4.69) is 25.5 Å². The van der Waals surface area contributed by atoms with Gasteiger partial charge in [0.2, 0.25) is 11.8 Å². The zero-order valence-electron chi connectivity index (χ0n) is 19.3. The maximum absolute atomic E-state index is 12.0. The van der Waals surface area contributed by atoms with Gasteiger partial charge in [-0.2, -0.15) is 0 Å². The van der Waals surface area contributed by atoms with Crippen molar-refractivity contribution in [1.82, 2.24) is 25.4 Å². The van der Waals surface area contributed by atoms with Crippen molar-refractivity contribution >= 4 is 11.9 Å². The lowest BCUT2D eigenvalue weighted by Crippen LogP contribution is -2.44. The average molecular weight is 443 g/mol. The molecule has 1 saturated heterocycles. The summed E-state index contributed by atoms with van der Waals surface area (Å²) < 4.78 is 11.0. The number of carbonyl (C=O) groups is 1. The third-order valence-corrected chi connectivity index (χ3v) is 5.20. The number of rotatable bonds is 9. The second kappa shape index (κ2) is 12.2. The predicted molar refractivity (Wildman–Crippen MR) is 124 cm³/mol. The molecule has 0 saturated carbocycles. The molecule has 174 valence electrons. The number of amides is 1. The van der Waals surface area contributed by atoms with Gasteiger partial charge >= 0.3 is 0 Å². The third-order valence-electron chi connectivity index (χ3n) is 5.20. The maximum atomic E-state index is 12.0. The quantitative estimate of drug-likeness (QED) is 0.345. The number of carbonyl (C=O) groups excluding carboxylic acids is 1. The van der Waals surface area contributed by atoms with Crippen molar-refractivity contribution in [2.45, 2.75) is 19.9 Å². The number of benzene rings is 1. The van der Waals surface area contributed by atoms with Gasteiger partial charge in [-0.05, 0) is 32.0 Å². The number of hydrogen-bond donors (Lipinski definition) is 2. The van der Waals surface area contributed by atoms with Crippen LogP contribution in [0.3, 0.4) is 0 Å². The highest BCUT2D eigenvalue weighted by Crippen LogP contribution is 2.19. The van der Waals surface area contributed by atoms with Crippen LogP contribution < -0.4 is 10.6 Å². The fraction of sp³-hybridized carbons (Fsp3) is 0.522. The van der Waals surface area contributed by atoms with Gasteiger partial charge in [0.1, 0.15) is 12.0 Å². The Morgan fingerprint density at radius 2 is 1.94 bits per heavy atom. The Labute approximate surface area is 189 Å². The molecule has 0 aliphatic carbocycles. The second-order valence-corrected chi connectivity index (χ2v) is 8.05. The predicted octanol–water partition coefficient (Wildman–Crippen LogP) is 1.50. The van der Waals surface area contributed by atoms with E-state index in [1.165, 1.54) is 5.56 Å². The summed E-state index contributed by atoms with van der Waals surface area (Å²) in [5.41, 5.74) is 2.85. The molecular weight excluding hydrogens is 408 g/mol. The number of aliphatic imine (C=N–C) groups is 1. The highest BCUT2D eigenvalue weighted by molar-refractivity contribution is 5.86. The van der Waals surface area contributed by atoms with E-state index in [1.807, 2.05) is 31.2 Å². The van der Waals surface area contributed by atoms with E-state index >= 15 is 0 Å². The van der Waals surface area contributed by atoms with E-state index in [9.17, 15) is 4.79 Å². The van der Waals surface area contributed by atoms with Gasteiger partial charge in [0, 0.05) is 39.3 Å². The molecule has 0 unspecified atom stereocenters. The minimum Gasteiger partial charge on any atom is -0.444 e. The Hall–Kier alpha value is -2.91. The largest absolute Gasteiger partial charge is 0.444 e. The number of hydrogen-bond acceptors (Lipinski definition) is 6. The summed E-state index contributed by atoms with van der Waals surface area (Å²) in [5, 5.41) is 6.43. The lowest BCUT2D eigenvalue weighted by molar-refractivity contribution is -0.127. The number of morpholine rings is 1. The molecule has 2 aromatic rings. The molecule has 1 aliphatic heterocycles. The number of likely N-dealkylation sites (N-methyl/N-ethyl adjacent to an activating group) is 1. The standard InChI is InChI=1S/C23H34N6O3/c1-18-5-7-19(8-6-18)22-27-20(17-32-22)15-25-23(26-16-21(30)28(2)3)24-9-4-10-29-11-13-31-14-12-29/h5-8,17H,4,9-16H2,1-3H3,(H2,24,25,26). The monoisotopic (exact) mass is 442 g/mol. The van der Waals surface area contributed by atoms with Crippen molar-refractivity contribution in [3.8, 4) is 11.5 Å². The topological polar surface area (TPSA) is 95.2 Å². The molecule has 9 heteroatoms. The van der Waals surface area contributed by atoms with Crippen LogP contribution >= 0.6 is 0 Å². The maximum Gasteiger partial charge on any atom is 0.241 e. The summed E-state index contributed by atoms with van der Waals surface area (Å²) in [4.78, 5) is 25.1. The fourth-order valence-corrected chi connectivity index (χ4v) is 3.19. The van der Waals surface area contributed by atoms with Crippen LogP contribution in [-0.2, 0) is 16.1 Å². The molecule has 9 nitrogen and oxygen atoms in total. The third kappa shape index (κ3) is 7.65. The average Bonchev–Trinajstić information content (AvgIpc) is 3.27. The number of nitrogens with zero attached hydrogens (tertiary/aromatic N) is 4. The van der Waals surface area contributed by atoms with E-state index < -0.39 is 0 Å². The van der Waals surface area contributed by atoms with Crippen LogP contribution in [0.5, 0.6) is 0 Å². The van der Waals surface area contributed by atoms with Crippen LogP contribution in [-0.4, -0.2) is 86.7 Å². The van der Waals surface area contributed by atoms with Crippen molar-refractivity contribution in [3.63, 3.8) is 0 Å². The first-order valence-electron chi connectivity index (χ1n) is 11.0. The number of guanidine groups is 1. The van der Waals surface area contributed by atoms with Crippen molar-refractivity contribution in [2.75, 3.05) is 60.0 Å². The fourth-order valence-electron chi connectivity index (χ4n) is 3.19. The van der Waals surface area contributed by atoms with E-state index in [4.69, 9.17) is 9.15 Å². The molecule has 1 aromatic heterocycles. The number of ether oxygens (including phenoxy) is 1. The van der Waals surface area contributed by atoms with E-state index in [-0.39, 0.29) is 12.5 Å². The molecule has 1 aliphatic rings. The summed E-state index contributed by atoms with van der Waals surface area (Å²) in [5.74, 6) is 1.14. The van der Waals surface area contributed by atoms with Gasteiger partial charge in [-0.15, -0.1) is 0 Å². The minimum absolute atomic E-state index is 0.0177. The molecule has 1 aromatic carbocycles. The smallest absolute Gasteiger partial charge is 0.241 e. The molecule has 0 atom stereocenters. The molecule has 2 heterocycles. The highest BCUT2D eigenvalue weighted by atomic mass is 16.5. The molecular formula is C23H34N6O3. The number of aromatic nitrogens is 1. The lowest BCUT2D eigenvalue weighted by atomic mass is 10.1. The van der Waals surface area contributed by atoms with E-state index in [0.29, 0.717) is 18.4 Å². The molecule has 0 radical (unpaired) electrons. The van der Waals surface area contributed by atoms with Gasteiger partial charge in [0.25, 0.3) is 0 Å². The Morgan fingerprint density at radius 3 is 2.66 bits per heavy atom. The van der Waals surface area contributed by atoms with Gasteiger partial charge in [0.15, 0.2) is 5.96 Å². The van der Waals surface area contributed by atoms with Gasteiger partial charge in [0.05, 0.1) is 26.3 Å². The molecule has 0 spiro atoms. The Kier molecular flexibility index (Phi) is 9.06. The molecule has 1 amide bonds. The first-order valence-corrected chi connectivity index (χ1v) is 11.0. The zero-order valence-corrected chi connectivity index (χ0v) is 19.3. The first-order chi connectivity index (χ1) is 15.5. The van der Waals surface area contributed by atoms with Gasteiger partial charge in [-0.3, -0.25) is 9.69 Å². The Balaban J connectivity index is 1.55. The van der Waals surface area contributed by atoms with Gasteiger partial charge in [-0.25, -0.2) is 9.98 Å². The van der Waals surface area contributed by atoms with Crippen LogP contribution in [0.1, 0.15) is 17.7 Å². The normalized spacial score (nSPS) is 14.9. The van der Waals surface area contributed by atoms with Gasteiger partial charge in [-0.1, -0.05) is 17.7 Å². The molecule has 32 heavy (non-hydrogen) atoms. The molecule has 2 N–H and O–H groups in total. The summed E-state index contributed by atoms with van der Waals surface area (Å²) in [7, 11) is 3.47. The van der Waals surface area contributed by atoms with Crippen molar-refractivity contribution < 1.29 is 13.9 Å². The molecule has 3 rings (SSSR count). The SMILES string of the molecule is Cc1ccc(-c2nc(CN=C(NCCCN3CCOCC3)NCC(=O)N(C)C)co2)cc1. The lowest BCUT2D eigenvalue weighted by Gasteiger charge is -2.26. The highest BCUT2D eigenvalue weighted by Gasteiger charge is 2.11. The van der Waals surface area contributed by atoms with E-state index in [0.717, 1.165) is 57.1 Å². The molecule has 1 fully saturated rings. The van der Waals surface area contributed by atoms with Crippen LogP contribution in [0, 0.1) is 6.92 Å². The second-order valence-electron chi connectivity index (χ2n) is 8.05. The Morgan fingerprint density at radius 1 is 1.19 bits per heavy atom. The van der Waals surface area contributed by atoms with Crippen molar-refractivity contribution in [1.29, 1.82) is 0 Å². The zero-order chi connectivity index (χ0) is 22.8. The summed E-state index contributed by atoms with van der Waals surface area (Å²) in [6, 6.07) is 8.04. The van der Waals surface area contributed by atoms with Crippen LogP contribution in [0.4, 0.5) is 0 Å². The minimum atomic E-state index is -0.0177.